The van der Waals surface area contributed by atoms with Crippen LogP contribution in [0.25, 0.3) is 21.9 Å². The van der Waals surface area contributed by atoms with Gasteiger partial charge in [-0.1, -0.05) is 36.4 Å². The number of nitrogens with one attached hydrogen (secondary N) is 2. The molecule has 0 bridgehead atoms. The molecule has 2 heterocycles. The Morgan fingerprint density at radius 2 is 1.73 bits per heavy atom. The fourth-order valence-electron chi connectivity index (χ4n) is 2.66. The molecule has 0 aliphatic rings. The number of pyridine rings is 1. The first-order chi connectivity index (χ1) is 10.8. The highest BCUT2D eigenvalue weighted by atomic mass is 16.1. The van der Waals surface area contributed by atoms with Gasteiger partial charge in [0.1, 0.15) is 5.65 Å². The summed E-state index contributed by atoms with van der Waals surface area (Å²) in [5, 5.41) is 4.96. The van der Waals surface area contributed by atoms with Crippen LogP contribution in [0.3, 0.4) is 0 Å². The molecule has 4 heteroatoms. The molecule has 4 nitrogen and oxygen atoms in total. The van der Waals surface area contributed by atoms with Crippen LogP contribution in [0.15, 0.2) is 66.9 Å². The molecule has 4 aromatic rings. The van der Waals surface area contributed by atoms with Crippen LogP contribution >= 0.6 is 0 Å². The molecule has 4 rings (SSSR count). The number of H-pyrrole nitrogens is 1. The smallest absolute Gasteiger partial charge is 0.255 e. The Kier molecular flexibility index (Phi) is 2.86. The second-order valence-electron chi connectivity index (χ2n) is 5.07. The van der Waals surface area contributed by atoms with Crippen molar-refractivity contribution < 1.29 is 4.79 Å². The third-order valence-electron chi connectivity index (χ3n) is 3.68. The van der Waals surface area contributed by atoms with E-state index in [2.05, 4.69) is 15.3 Å². The summed E-state index contributed by atoms with van der Waals surface area (Å²) in [6.07, 6.45) is 1.69. The molecule has 0 unspecified atom stereocenters. The predicted molar refractivity (Wildman–Crippen MR) is 88.0 cm³/mol. The van der Waals surface area contributed by atoms with Crippen molar-refractivity contribution in [1.82, 2.24) is 9.97 Å². The zero-order chi connectivity index (χ0) is 14.9. The number of nitrogens with zero attached hydrogens (tertiary/aromatic N) is 1. The van der Waals surface area contributed by atoms with Gasteiger partial charge in [-0.15, -0.1) is 0 Å². The minimum atomic E-state index is -0.126. The van der Waals surface area contributed by atoms with Gasteiger partial charge in [0.05, 0.1) is 11.1 Å². The van der Waals surface area contributed by atoms with Gasteiger partial charge in [0.25, 0.3) is 5.91 Å². The van der Waals surface area contributed by atoms with Crippen molar-refractivity contribution in [2.45, 2.75) is 0 Å². The summed E-state index contributed by atoms with van der Waals surface area (Å²) < 4.78 is 0. The highest BCUT2D eigenvalue weighted by molar-refractivity contribution is 6.16. The second-order valence-corrected chi connectivity index (χ2v) is 5.07. The van der Waals surface area contributed by atoms with Gasteiger partial charge < -0.3 is 10.3 Å². The highest BCUT2D eigenvalue weighted by Crippen LogP contribution is 2.30. The zero-order valence-corrected chi connectivity index (χ0v) is 11.7. The van der Waals surface area contributed by atoms with Gasteiger partial charge in [-0.05, 0) is 24.3 Å². The van der Waals surface area contributed by atoms with E-state index in [9.17, 15) is 4.79 Å². The van der Waals surface area contributed by atoms with Crippen molar-refractivity contribution >= 4 is 33.5 Å². The molecule has 106 valence electrons. The first-order valence-electron chi connectivity index (χ1n) is 7.05. The Morgan fingerprint density at radius 3 is 2.59 bits per heavy atom. The van der Waals surface area contributed by atoms with Gasteiger partial charge in [0.2, 0.25) is 0 Å². The number of hydrogen-bond donors (Lipinski definition) is 2. The second kappa shape index (κ2) is 5.00. The van der Waals surface area contributed by atoms with Crippen LogP contribution in [-0.4, -0.2) is 15.9 Å². The average Bonchev–Trinajstić information content (AvgIpc) is 2.95. The van der Waals surface area contributed by atoms with E-state index < -0.39 is 0 Å². The molecule has 1 amide bonds. The lowest BCUT2D eigenvalue weighted by atomic mass is 10.1. The van der Waals surface area contributed by atoms with E-state index in [4.69, 9.17) is 0 Å². The van der Waals surface area contributed by atoms with Crippen LogP contribution < -0.4 is 5.32 Å². The topological polar surface area (TPSA) is 57.8 Å². The van der Waals surface area contributed by atoms with Crippen molar-refractivity contribution in [3.05, 3.63) is 72.4 Å². The molecule has 0 atom stereocenters. The van der Waals surface area contributed by atoms with Gasteiger partial charge in [-0.25, -0.2) is 4.98 Å². The first kappa shape index (κ1) is 12.6. The number of carbonyl (C=O) groups is 1. The minimum Gasteiger partial charge on any atom is -0.339 e. The Bertz CT molecular complexity index is 973. The Labute approximate surface area is 126 Å². The molecular formula is C18H13N3O. The number of aromatic nitrogens is 2. The maximum absolute atomic E-state index is 12.4. The average molecular weight is 287 g/mol. The summed E-state index contributed by atoms with van der Waals surface area (Å²) >= 11 is 0. The number of amides is 1. The van der Waals surface area contributed by atoms with Crippen molar-refractivity contribution in [2.24, 2.45) is 0 Å². The summed E-state index contributed by atoms with van der Waals surface area (Å²) in [4.78, 5) is 20.0. The zero-order valence-electron chi connectivity index (χ0n) is 11.7. The first-order valence-corrected chi connectivity index (χ1v) is 7.05. The molecule has 2 aromatic heterocycles. The molecule has 0 saturated heterocycles. The van der Waals surface area contributed by atoms with E-state index in [1.807, 2.05) is 48.5 Å². The van der Waals surface area contributed by atoms with Gasteiger partial charge >= 0.3 is 0 Å². The minimum absolute atomic E-state index is 0.126. The van der Waals surface area contributed by atoms with Gasteiger partial charge in [0, 0.05) is 22.7 Å². The molecule has 0 fully saturated rings. The number of rotatable bonds is 2. The van der Waals surface area contributed by atoms with Crippen molar-refractivity contribution in [3.63, 3.8) is 0 Å². The third kappa shape index (κ3) is 2.02. The monoisotopic (exact) mass is 287 g/mol. The standard InChI is InChI=1S/C18H13N3O/c22-18(12-6-2-1-3-7-12)21-15-10-11-19-17-16(15)13-8-4-5-9-14(13)20-17/h1-11H,(H2,19,20,21,22). The highest BCUT2D eigenvalue weighted by Gasteiger charge is 2.12. The van der Waals surface area contributed by atoms with Crippen LogP contribution in [0.4, 0.5) is 5.69 Å². The lowest BCUT2D eigenvalue weighted by Crippen LogP contribution is -2.11. The van der Waals surface area contributed by atoms with E-state index in [0.29, 0.717) is 5.56 Å². The molecule has 0 radical (unpaired) electrons. The van der Waals surface area contributed by atoms with E-state index >= 15 is 0 Å². The molecule has 0 saturated carbocycles. The predicted octanol–water partition coefficient (Wildman–Crippen LogP) is 3.97. The fourth-order valence-corrected chi connectivity index (χ4v) is 2.66. The van der Waals surface area contributed by atoms with Gasteiger partial charge in [-0.2, -0.15) is 0 Å². The summed E-state index contributed by atoms with van der Waals surface area (Å²) in [5.41, 5.74) is 3.17. The molecular weight excluding hydrogens is 274 g/mol. The molecule has 0 aliphatic carbocycles. The molecule has 22 heavy (non-hydrogen) atoms. The van der Waals surface area contributed by atoms with E-state index in [1.54, 1.807) is 18.3 Å². The molecule has 2 N–H and O–H groups in total. The van der Waals surface area contributed by atoms with E-state index in [1.165, 1.54) is 0 Å². The summed E-state index contributed by atoms with van der Waals surface area (Å²) in [6.45, 7) is 0. The van der Waals surface area contributed by atoms with Crippen LogP contribution in [0.2, 0.25) is 0 Å². The Morgan fingerprint density at radius 1 is 0.955 bits per heavy atom. The van der Waals surface area contributed by atoms with Crippen LogP contribution in [0.1, 0.15) is 10.4 Å². The Hall–Kier alpha value is -3.14. The Balaban J connectivity index is 1.83. The van der Waals surface area contributed by atoms with Gasteiger partial charge in [-0.3, -0.25) is 4.79 Å². The maximum Gasteiger partial charge on any atom is 0.255 e. The number of para-hydroxylation sites is 1. The lowest BCUT2D eigenvalue weighted by molar-refractivity contribution is 0.102. The van der Waals surface area contributed by atoms with Crippen molar-refractivity contribution in [3.8, 4) is 0 Å². The maximum atomic E-state index is 12.4. The molecule has 0 spiro atoms. The normalized spacial score (nSPS) is 10.9. The van der Waals surface area contributed by atoms with Crippen LogP contribution in [0, 0.1) is 0 Å². The largest absolute Gasteiger partial charge is 0.339 e. The number of fused-ring (bicyclic) bond motifs is 3. The summed E-state index contributed by atoms with van der Waals surface area (Å²) in [6, 6.07) is 19.0. The summed E-state index contributed by atoms with van der Waals surface area (Å²) in [5.74, 6) is -0.126. The number of benzene rings is 2. The molecule has 2 aromatic carbocycles. The fraction of sp³-hybridized carbons (Fsp3) is 0. The van der Waals surface area contributed by atoms with E-state index in [-0.39, 0.29) is 5.91 Å². The van der Waals surface area contributed by atoms with Crippen LogP contribution in [0.5, 0.6) is 0 Å². The summed E-state index contributed by atoms with van der Waals surface area (Å²) in [7, 11) is 0. The van der Waals surface area contributed by atoms with Crippen LogP contribution in [-0.2, 0) is 0 Å². The van der Waals surface area contributed by atoms with E-state index in [0.717, 1.165) is 27.6 Å². The number of anilines is 1. The SMILES string of the molecule is O=C(Nc1ccnc2[nH]c3ccccc3c12)c1ccccc1. The van der Waals surface area contributed by atoms with Gasteiger partial charge in [0.15, 0.2) is 0 Å². The van der Waals surface area contributed by atoms with Crippen molar-refractivity contribution in [2.75, 3.05) is 5.32 Å². The number of aromatic amines is 1. The number of hydrogen-bond acceptors (Lipinski definition) is 2. The molecule has 0 aliphatic heterocycles. The quantitative estimate of drug-likeness (QED) is 0.586. The number of carbonyl (C=O) groups excluding carboxylic acids is 1. The lowest BCUT2D eigenvalue weighted by Gasteiger charge is -2.06. The third-order valence-corrected chi connectivity index (χ3v) is 3.68. The van der Waals surface area contributed by atoms with Crippen molar-refractivity contribution in [1.29, 1.82) is 0 Å².